The van der Waals surface area contributed by atoms with Gasteiger partial charge in [-0.05, 0) is 19.1 Å². The quantitative estimate of drug-likeness (QED) is 0.648. The monoisotopic (exact) mass is 456 g/mol. The third-order valence-corrected chi connectivity index (χ3v) is 6.13. The lowest BCUT2D eigenvalue weighted by Crippen LogP contribution is -2.54. The molecule has 2 aromatic rings. The molecule has 2 aliphatic rings. The van der Waals surface area contributed by atoms with Crippen LogP contribution in [-0.2, 0) is 9.53 Å². The van der Waals surface area contributed by atoms with Gasteiger partial charge in [0.15, 0.2) is 0 Å². The Morgan fingerprint density at radius 2 is 1.73 bits per heavy atom. The fourth-order valence-electron chi connectivity index (χ4n) is 4.24. The minimum absolute atomic E-state index is 0.116. The summed E-state index contributed by atoms with van der Waals surface area (Å²) >= 11 is 0. The summed E-state index contributed by atoms with van der Waals surface area (Å²) in [7, 11) is 1.66. The van der Waals surface area contributed by atoms with E-state index < -0.39 is 0 Å². The number of carbonyl (C=O) groups excluding carboxylic acids is 2. The summed E-state index contributed by atoms with van der Waals surface area (Å²) in [5.41, 5.74) is 1.00. The summed E-state index contributed by atoms with van der Waals surface area (Å²) in [6.07, 6.45) is 3.46. The Kier molecular flexibility index (Phi) is 7.33. The minimum Gasteiger partial charge on any atom is -0.497 e. The number of nitrogens with zero attached hydrogens (tertiary/aromatic N) is 6. The average molecular weight is 457 g/mol. The second kappa shape index (κ2) is 10.6. The predicted molar refractivity (Wildman–Crippen MR) is 124 cm³/mol. The molecule has 2 saturated heterocycles. The number of hydrogen-bond acceptors (Lipinski definition) is 7. The van der Waals surface area contributed by atoms with Crippen LogP contribution in [0, 0.1) is 0 Å². The highest BCUT2D eigenvalue weighted by molar-refractivity contribution is 5.78. The molecule has 2 amide bonds. The summed E-state index contributed by atoms with van der Waals surface area (Å²) in [6.45, 7) is 7.88. The Hall–Kier alpha value is -3.27. The van der Waals surface area contributed by atoms with Crippen LogP contribution in [0.25, 0.3) is 5.69 Å². The first kappa shape index (κ1) is 22.9. The number of aromatic nitrogens is 2. The third-order valence-electron chi connectivity index (χ3n) is 6.13. The van der Waals surface area contributed by atoms with E-state index in [1.165, 1.54) is 0 Å². The molecule has 4 rings (SSSR count). The highest BCUT2D eigenvalue weighted by atomic mass is 16.6. The summed E-state index contributed by atoms with van der Waals surface area (Å²) < 4.78 is 12.5. The van der Waals surface area contributed by atoms with Crippen LogP contribution in [0.1, 0.15) is 6.92 Å². The lowest BCUT2D eigenvalue weighted by Gasteiger charge is -2.38. The molecule has 10 heteroatoms. The summed E-state index contributed by atoms with van der Waals surface area (Å²) in [4.78, 5) is 37.2. The van der Waals surface area contributed by atoms with Gasteiger partial charge >= 0.3 is 6.09 Å². The normalized spacial score (nSPS) is 17.2. The summed E-state index contributed by atoms with van der Waals surface area (Å²) in [5, 5.41) is 0. The number of hydrogen-bond donors (Lipinski definition) is 0. The highest BCUT2D eigenvalue weighted by Gasteiger charge is 2.27. The molecule has 2 fully saturated rings. The molecule has 0 radical (unpaired) electrons. The maximum absolute atomic E-state index is 12.8. The van der Waals surface area contributed by atoms with Gasteiger partial charge in [0.1, 0.15) is 5.75 Å². The van der Waals surface area contributed by atoms with Crippen molar-refractivity contribution < 1.29 is 19.1 Å². The zero-order chi connectivity index (χ0) is 23.2. The Bertz CT molecular complexity index is 948. The van der Waals surface area contributed by atoms with Crippen molar-refractivity contribution in [3.8, 4) is 11.4 Å². The van der Waals surface area contributed by atoms with Gasteiger partial charge in [-0.15, -0.1) is 0 Å². The van der Waals surface area contributed by atoms with Crippen molar-refractivity contribution in [2.24, 2.45) is 0 Å². The van der Waals surface area contributed by atoms with Crippen LogP contribution in [0.3, 0.4) is 0 Å². The fraction of sp³-hybridized carbons (Fsp3) is 0.522. The van der Waals surface area contributed by atoms with Crippen molar-refractivity contribution in [3.05, 3.63) is 36.7 Å². The van der Waals surface area contributed by atoms with Crippen molar-refractivity contribution in [2.45, 2.75) is 6.92 Å². The second-order valence-electron chi connectivity index (χ2n) is 8.13. The van der Waals surface area contributed by atoms with E-state index in [9.17, 15) is 9.59 Å². The van der Waals surface area contributed by atoms with Crippen LogP contribution in [0.4, 0.5) is 10.7 Å². The van der Waals surface area contributed by atoms with Crippen LogP contribution < -0.4 is 9.64 Å². The van der Waals surface area contributed by atoms with Crippen LogP contribution >= 0.6 is 0 Å². The number of amides is 2. The van der Waals surface area contributed by atoms with E-state index in [1.54, 1.807) is 25.1 Å². The van der Waals surface area contributed by atoms with E-state index in [4.69, 9.17) is 9.47 Å². The first-order valence-corrected chi connectivity index (χ1v) is 11.4. The number of rotatable bonds is 6. The predicted octanol–water partition coefficient (Wildman–Crippen LogP) is 1.30. The number of ether oxygens (including phenoxy) is 2. The summed E-state index contributed by atoms with van der Waals surface area (Å²) in [6, 6.07) is 7.91. The zero-order valence-electron chi connectivity index (χ0n) is 19.4. The number of imidazole rings is 1. The van der Waals surface area contributed by atoms with Crippen molar-refractivity contribution in [2.75, 3.05) is 77.5 Å². The van der Waals surface area contributed by atoms with E-state index in [2.05, 4.69) is 19.4 Å². The first-order chi connectivity index (χ1) is 16.1. The third kappa shape index (κ3) is 5.39. The van der Waals surface area contributed by atoms with E-state index in [0.29, 0.717) is 39.3 Å². The number of carbonyl (C=O) groups is 2. The van der Waals surface area contributed by atoms with Gasteiger partial charge in [-0.25, -0.2) is 9.78 Å². The van der Waals surface area contributed by atoms with E-state index in [0.717, 1.165) is 43.6 Å². The molecule has 0 aliphatic carbocycles. The largest absolute Gasteiger partial charge is 0.497 e. The summed E-state index contributed by atoms with van der Waals surface area (Å²) in [5.74, 6) is 1.81. The van der Waals surface area contributed by atoms with Gasteiger partial charge in [-0.1, -0.05) is 6.07 Å². The van der Waals surface area contributed by atoms with Gasteiger partial charge in [0.05, 0.1) is 25.9 Å². The van der Waals surface area contributed by atoms with Gasteiger partial charge in [0, 0.05) is 70.8 Å². The molecule has 1 aromatic carbocycles. The molecule has 33 heavy (non-hydrogen) atoms. The minimum atomic E-state index is -0.298. The Morgan fingerprint density at radius 3 is 2.42 bits per heavy atom. The standard InChI is InChI=1S/C23H32N6O4/c1-3-33-23(31)28-15-13-26(14-16-28)21(30)18-25-9-11-27(12-10-25)22-24-7-8-29(22)19-5-4-6-20(17-19)32-2/h4-8,17H,3,9-16,18H2,1-2H3. The maximum atomic E-state index is 12.8. The van der Waals surface area contributed by atoms with Crippen LogP contribution in [0.5, 0.6) is 5.75 Å². The van der Waals surface area contributed by atoms with Gasteiger partial charge in [-0.2, -0.15) is 0 Å². The van der Waals surface area contributed by atoms with Crippen LogP contribution in [-0.4, -0.2) is 109 Å². The molecular weight excluding hydrogens is 424 g/mol. The number of benzene rings is 1. The van der Waals surface area contributed by atoms with Gasteiger partial charge < -0.3 is 24.2 Å². The first-order valence-electron chi connectivity index (χ1n) is 11.4. The molecule has 178 valence electrons. The lowest BCUT2D eigenvalue weighted by molar-refractivity contribution is -0.134. The van der Waals surface area contributed by atoms with Gasteiger partial charge in [0.2, 0.25) is 11.9 Å². The fourth-order valence-corrected chi connectivity index (χ4v) is 4.24. The van der Waals surface area contributed by atoms with E-state index in [-0.39, 0.29) is 12.0 Å². The number of piperazine rings is 2. The molecule has 10 nitrogen and oxygen atoms in total. The van der Waals surface area contributed by atoms with Crippen LogP contribution in [0.2, 0.25) is 0 Å². The Balaban J connectivity index is 1.28. The zero-order valence-corrected chi connectivity index (χ0v) is 19.4. The topological polar surface area (TPSA) is 83.4 Å². The van der Waals surface area contributed by atoms with E-state index in [1.807, 2.05) is 35.4 Å². The molecule has 0 atom stereocenters. The van der Waals surface area contributed by atoms with Gasteiger partial charge in [-0.3, -0.25) is 14.3 Å². The Labute approximate surface area is 194 Å². The SMILES string of the molecule is CCOC(=O)N1CCN(C(=O)CN2CCN(c3nccn3-c3cccc(OC)c3)CC2)CC1. The average Bonchev–Trinajstić information content (AvgIpc) is 3.35. The molecule has 0 N–H and O–H groups in total. The van der Waals surface area contributed by atoms with Crippen molar-refractivity contribution >= 4 is 17.9 Å². The molecule has 0 saturated carbocycles. The highest BCUT2D eigenvalue weighted by Crippen LogP contribution is 2.23. The molecular formula is C23H32N6O4. The lowest BCUT2D eigenvalue weighted by atomic mass is 10.2. The molecule has 0 spiro atoms. The second-order valence-corrected chi connectivity index (χ2v) is 8.13. The van der Waals surface area contributed by atoms with Crippen molar-refractivity contribution in [1.82, 2.24) is 24.3 Å². The maximum Gasteiger partial charge on any atom is 0.409 e. The Morgan fingerprint density at radius 1 is 1.00 bits per heavy atom. The molecule has 2 aliphatic heterocycles. The van der Waals surface area contributed by atoms with Crippen LogP contribution in [0.15, 0.2) is 36.7 Å². The molecule has 1 aromatic heterocycles. The molecule has 0 unspecified atom stereocenters. The molecule has 0 bridgehead atoms. The van der Waals surface area contributed by atoms with Crippen molar-refractivity contribution in [3.63, 3.8) is 0 Å². The van der Waals surface area contributed by atoms with Crippen molar-refractivity contribution in [1.29, 1.82) is 0 Å². The molecule has 3 heterocycles. The number of methoxy groups -OCH3 is 1. The number of anilines is 1. The van der Waals surface area contributed by atoms with Gasteiger partial charge in [0.25, 0.3) is 0 Å². The van der Waals surface area contributed by atoms with E-state index >= 15 is 0 Å². The smallest absolute Gasteiger partial charge is 0.409 e.